The van der Waals surface area contributed by atoms with Crippen molar-refractivity contribution in [3.05, 3.63) is 35.0 Å². The first-order valence-corrected chi connectivity index (χ1v) is 8.65. The van der Waals surface area contributed by atoms with Gasteiger partial charge in [0.1, 0.15) is 15.9 Å². The van der Waals surface area contributed by atoms with Crippen LogP contribution in [0.15, 0.2) is 24.4 Å². The first kappa shape index (κ1) is 18.1. The predicted molar refractivity (Wildman–Crippen MR) is 94.9 cm³/mol. The summed E-state index contributed by atoms with van der Waals surface area (Å²) in [5.41, 5.74) is 1.37. The Hall–Kier alpha value is -2.28. The average molecular weight is 346 g/mol. The maximum absolute atomic E-state index is 12.6. The van der Waals surface area contributed by atoms with E-state index in [1.54, 1.807) is 20.2 Å². The van der Waals surface area contributed by atoms with E-state index in [0.29, 0.717) is 27.9 Å². The fraction of sp³-hybridized carbons (Fsp3) is 0.412. The molecule has 0 aliphatic rings. The summed E-state index contributed by atoms with van der Waals surface area (Å²) in [5, 5.41) is 6.11. The van der Waals surface area contributed by atoms with Gasteiger partial charge in [-0.25, -0.2) is 4.98 Å². The van der Waals surface area contributed by atoms with Crippen LogP contribution in [-0.2, 0) is 4.79 Å². The maximum atomic E-state index is 12.6. The minimum Gasteiger partial charge on any atom is -0.357 e. The Labute approximate surface area is 145 Å². The summed E-state index contributed by atoms with van der Waals surface area (Å²) in [4.78, 5) is 33.8. The molecular formula is C17H22N4O2S. The summed E-state index contributed by atoms with van der Waals surface area (Å²) in [5.74, 6) is -0.176. The number of hydrogen-bond acceptors (Lipinski definition) is 5. The van der Waals surface area contributed by atoms with Crippen molar-refractivity contribution >= 4 is 23.2 Å². The van der Waals surface area contributed by atoms with Gasteiger partial charge in [0, 0.05) is 13.2 Å². The minimum atomic E-state index is -0.553. The van der Waals surface area contributed by atoms with E-state index in [2.05, 4.69) is 20.6 Å². The quantitative estimate of drug-likeness (QED) is 0.841. The molecule has 24 heavy (non-hydrogen) atoms. The van der Waals surface area contributed by atoms with E-state index in [4.69, 9.17) is 0 Å². The molecule has 0 bridgehead atoms. The fourth-order valence-corrected chi connectivity index (χ4v) is 3.25. The molecule has 2 amide bonds. The monoisotopic (exact) mass is 346 g/mol. The number of likely N-dealkylation sites (N-methyl/N-ethyl adjacent to an activating group) is 1. The zero-order valence-corrected chi connectivity index (χ0v) is 15.1. The molecule has 0 radical (unpaired) electrons. The third-order valence-corrected chi connectivity index (χ3v) is 4.64. The van der Waals surface area contributed by atoms with Crippen molar-refractivity contribution < 1.29 is 9.59 Å². The number of nitrogens with one attached hydrogen (secondary N) is 2. The molecule has 0 unspecified atom stereocenters. The molecular weight excluding hydrogens is 324 g/mol. The SMILES string of the molecule is CNC(=O)[C@H](CC(C)C)NC(=O)c1sc(-c2ccccn2)nc1C. The van der Waals surface area contributed by atoms with Crippen molar-refractivity contribution in [3.8, 4) is 10.7 Å². The van der Waals surface area contributed by atoms with Crippen molar-refractivity contribution in [1.82, 2.24) is 20.6 Å². The molecule has 1 atom stereocenters. The third-order valence-electron chi connectivity index (χ3n) is 3.46. The normalized spacial score (nSPS) is 12.0. The predicted octanol–water partition coefficient (Wildman–Crippen LogP) is 2.40. The number of carbonyl (C=O) groups is 2. The van der Waals surface area contributed by atoms with E-state index < -0.39 is 6.04 Å². The number of hydrogen-bond donors (Lipinski definition) is 2. The number of amides is 2. The minimum absolute atomic E-state index is 0.191. The molecule has 0 aliphatic heterocycles. The van der Waals surface area contributed by atoms with Crippen LogP contribution in [0, 0.1) is 12.8 Å². The van der Waals surface area contributed by atoms with Gasteiger partial charge in [-0.3, -0.25) is 14.6 Å². The van der Waals surface area contributed by atoms with Crippen LogP contribution in [0.2, 0.25) is 0 Å². The van der Waals surface area contributed by atoms with E-state index >= 15 is 0 Å². The van der Waals surface area contributed by atoms with Gasteiger partial charge in [-0.15, -0.1) is 11.3 Å². The topological polar surface area (TPSA) is 84.0 Å². The van der Waals surface area contributed by atoms with E-state index in [1.165, 1.54) is 11.3 Å². The summed E-state index contributed by atoms with van der Waals surface area (Å²) < 4.78 is 0. The molecule has 2 aromatic heterocycles. The molecule has 0 spiro atoms. The molecule has 0 saturated heterocycles. The highest BCUT2D eigenvalue weighted by molar-refractivity contribution is 7.17. The van der Waals surface area contributed by atoms with E-state index in [1.807, 2.05) is 32.0 Å². The van der Waals surface area contributed by atoms with Gasteiger partial charge >= 0.3 is 0 Å². The summed E-state index contributed by atoms with van der Waals surface area (Å²) in [6.45, 7) is 5.81. The van der Waals surface area contributed by atoms with Gasteiger partial charge in [-0.1, -0.05) is 19.9 Å². The van der Waals surface area contributed by atoms with Crippen LogP contribution >= 0.6 is 11.3 Å². The molecule has 7 heteroatoms. The van der Waals surface area contributed by atoms with Crippen LogP contribution in [0.4, 0.5) is 0 Å². The Balaban J connectivity index is 2.20. The Morgan fingerprint density at radius 2 is 2.04 bits per heavy atom. The molecule has 2 rings (SSSR count). The largest absolute Gasteiger partial charge is 0.357 e. The standard InChI is InChI=1S/C17H22N4O2S/c1-10(2)9-13(15(22)18-4)21-16(23)14-11(3)20-17(24-14)12-7-5-6-8-19-12/h5-8,10,13H,9H2,1-4H3,(H,18,22)(H,21,23)/t13-/m0/s1. The second-order valence-corrected chi connectivity index (χ2v) is 6.92. The van der Waals surface area contributed by atoms with Crippen molar-refractivity contribution in [2.24, 2.45) is 5.92 Å². The second-order valence-electron chi connectivity index (χ2n) is 5.92. The molecule has 0 aromatic carbocycles. The molecule has 0 saturated carbocycles. The van der Waals surface area contributed by atoms with Crippen LogP contribution in [-0.4, -0.2) is 34.9 Å². The van der Waals surface area contributed by atoms with E-state index in [-0.39, 0.29) is 11.8 Å². The van der Waals surface area contributed by atoms with Crippen molar-refractivity contribution in [2.75, 3.05) is 7.05 Å². The molecule has 0 fully saturated rings. The zero-order chi connectivity index (χ0) is 17.7. The summed E-state index contributed by atoms with van der Waals surface area (Å²) in [7, 11) is 1.57. The van der Waals surface area contributed by atoms with Gasteiger partial charge in [0.2, 0.25) is 5.91 Å². The Morgan fingerprint density at radius 3 is 2.62 bits per heavy atom. The number of nitrogens with zero attached hydrogens (tertiary/aromatic N) is 2. The first-order chi connectivity index (χ1) is 11.4. The number of rotatable bonds is 6. The molecule has 128 valence electrons. The van der Waals surface area contributed by atoms with Crippen molar-refractivity contribution in [2.45, 2.75) is 33.2 Å². The van der Waals surface area contributed by atoms with E-state index in [9.17, 15) is 9.59 Å². The molecule has 2 heterocycles. The number of aromatic nitrogens is 2. The van der Waals surface area contributed by atoms with Crippen LogP contribution in [0.5, 0.6) is 0 Å². The van der Waals surface area contributed by atoms with Crippen LogP contribution in [0.3, 0.4) is 0 Å². The smallest absolute Gasteiger partial charge is 0.263 e. The number of carbonyl (C=O) groups excluding carboxylic acids is 2. The Bertz CT molecular complexity index is 713. The lowest BCUT2D eigenvalue weighted by Crippen LogP contribution is -2.46. The molecule has 6 nitrogen and oxygen atoms in total. The van der Waals surface area contributed by atoms with Gasteiger partial charge in [0.25, 0.3) is 5.91 Å². The van der Waals surface area contributed by atoms with Crippen molar-refractivity contribution in [1.29, 1.82) is 0 Å². The Kier molecular flexibility index (Phi) is 6.03. The Morgan fingerprint density at radius 1 is 1.29 bits per heavy atom. The maximum Gasteiger partial charge on any atom is 0.263 e. The second kappa shape index (κ2) is 8.01. The van der Waals surface area contributed by atoms with Crippen LogP contribution in [0.1, 0.15) is 35.6 Å². The summed E-state index contributed by atoms with van der Waals surface area (Å²) in [6, 6.07) is 5.01. The van der Waals surface area contributed by atoms with Crippen LogP contribution < -0.4 is 10.6 Å². The highest BCUT2D eigenvalue weighted by Gasteiger charge is 2.24. The number of pyridine rings is 1. The fourth-order valence-electron chi connectivity index (χ4n) is 2.31. The number of aryl methyl sites for hydroxylation is 1. The van der Waals surface area contributed by atoms with Gasteiger partial charge < -0.3 is 10.6 Å². The van der Waals surface area contributed by atoms with Gasteiger partial charge in [0.05, 0.1) is 11.4 Å². The van der Waals surface area contributed by atoms with E-state index in [0.717, 1.165) is 5.69 Å². The lowest BCUT2D eigenvalue weighted by Gasteiger charge is -2.18. The lowest BCUT2D eigenvalue weighted by atomic mass is 10.0. The highest BCUT2D eigenvalue weighted by Crippen LogP contribution is 2.26. The van der Waals surface area contributed by atoms with Crippen molar-refractivity contribution in [3.63, 3.8) is 0 Å². The molecule has 0 aliphatic carbocycles. The van der Waals surface area contributed by atoms with Crippen LogP contribution in [0.25, 0.3) is 10.7 Å². The average Bonchev–Trinajstić information content (AvgIpc) is 2.96. The third kappa shape index (κ3) is 4.38. The van der Waals surface area contributed by atoms with Gasteiger partial charge in [-0.2, -0.15) is 0 Å². The molecule has 2 N–H and O–H groups in total. The lowest BCUT2D eigenvalue weighted by molar-refractivity contribution is -0.122. The summed E-state index contributed by atoms with van der Waals surface area (Å²) >= 11 is 1.28. The molecule has 2 aromatic rings. The zero-order valence-electron chi connectivity index (χ0n) is 14.3. The summed E-state index contributed by atoms with van der Waals surface area (Å²) in [6.07, 6.45) is 2.27. The number of thiazole rings is 1. The first-order valence-electron chi connectivity index (χ1n) is 7.83. The van der Waals surface area contributed by atoms with Gasteiger partial charge in [-0.05, 0) is 31.4 Å². The van der Waals surface area contributed by atoms with Gasteiger partial charge in [0.15, 0.2) is 0 Å². The highest BCUT2D eigenvalue weighted by atomic mass is 32.1.